The quantitative estimate of drug-likeness (QED) is 0.216. The molecule has 0 unspecified atom stereocenters. The molecule has 4 nitrogen and oxygen atoms in total. The Balaban J connectivity index is 1.28. The van der Waals surface area contributed by atoms with Gasteiger partial charge in [0.05, 0.1) is 28.4 Å². The Morgan fingerprint density at radius 1 is 0.390 bits per heavy atom. The van der Waals surface area contributed by atoms with Crippen LogP contribution >= 0.6 is 0 Å². The molecule has 9 rings (SSSR count). The van der Waals surface area contributed by atoms with Crippen LogP contribution in [0.3, 0.4) is 0 Å². The molecule has 6 aromatic carbocycles. The molecule has 0 radical (unpaired) electrons. The molecule has 0 amide bonds. The summed E-state index contributed by atoms with van der Waals surface area (Å²) in [5.74, 6) is 3.44. The van der Waals surface area contributed by atoms with E-state index >= 15 is 0 Å². The first-order valence-electron chi connectivity index (χ1n) is 13.9. The van der Waals surface area contributed by atoms with Gasteiger partial charge in [-0.2, -0.15) is 0 Å². The predicted octanol–water partition coefficient (Wildman–Crippen LogP) is 7.67. The summed E-state index contributed by atoms with van der Waals surface area (Å²) in [5.41, 5.74) is 9.92. The van der Waals surface area contributed by atoms with Crippen LogP contribution in [0, 0.1) is 0 Å². The molecule has 3 heterocycles. The van der Waals surface area contributed by atoms with E-state index in [9.17, 15) is 0 Å². The highest BCUT2D eigenvalue weighted by molar-refractivity contribution is 6.98. The van der Waals surface area contributed by atoms with Crippen LogP contribution < -0.4 is 35.7 Å². The monoisotopic (exact) mass is 526 g/mol. The Labute approximate surface area is 238 Å². The number of para-hydroxylation sites is 7. The average Bonchev–Trinajstić information content (AvgIpc) is 3.03. The zero-order chi connectivity index (χ0) is 26.9. The van der Waals surface area contributed by atoms with E-state index in [1.807, 2.05) is 12.1 Å². The maximum absolute atomic E-state index is 6.62. The largest absolute Gasteiger partial charge is 0.458 e. The van der Waals surface area contributed by atoms with Crippen LogP contribution in [-0.4, -0.2) is 6.71 Å². The Kier molecular flexibility index (Phi) is 4.67. The summed E-state index contributed by atoms with van der Waals surface area (Å²) in [6.07, 6.45) is 0. The van der Waals surface area contributed by atoms with Gasteiger partial charge in [0.25, 0.3) is 6.71 Å². The number of ether oxygens (including phenoxy) is 2. The third-order valence-corrected chi connectivity index (χ3v) is 8.28. The molecule has 3 aliphatic heterocycles. The van der Waals surface area contributed by atoms with Crippen molar-refractivity contribution in [2.45, 2.75) is 0 Å². The predicted molar refractivity (Wildman–Crippen MR) is 167 cm³/mol. The molecule has 3 aliphatic rings. The van der Waals surface area contributed by atoms with Gasteiger partial charge in [-0.05, 0) is 59.5 Å². The zero-order valence-electron chi connectivity index (χ0n) is 22.1. The van der Waals surface area contributed by atoms with Crippen LogP contribution in [0.2, 0.25) is 0 Å². The highest BCUT2D eigenvalue weighted by Gasteiger charge is 2.41. The summed E-state index contributed by atoms with van der Waals surface area (Å²) in [7, 11) is 0. The number of anilines is 6. The molecular weight excluding hydrogens is 503 g/mol. The van der Waals surface area contributed by atoms with Gasteiger partial charge in [0, 0.05) is 23.3 Å². The van der Waals surface area contributed by atoms with E-state index < -0.39 is 0 Å². The molecule has 0 saturated heterocycles. The molecule has 0 saturated carbocycles. The van der Waals surface area contributed by atoms with Gasteiger partial charge < -0.3 is 19.3 Å². The molecule has 192 valence electrons. The Hall–Kier alpha value is -5.42. The van der Waals surface area contributed by atoms with E-state index in [0.29, 0.717) is 0 Å². The standard InChI is InChI=1S/C36H23BN2O2/c1-2-12-24(13-3-1)38-28-16-6-8-18-30(28)39(31-19-9-7-17-29(31)38)25-22-34-36-35(23-25)41-33-21-11-5-15-27(33)37(36)26-14-4-10-20-32(26)40-34/h1-23H. The van der Waals surface area contributed by atoms with E-state index in [4.69, 9.17) is 9.47 Å². The summed E-state index contributed by atoms with van der Waals surface area (Å²) in [6.45, 7) is 0.0541. The van der Waals surface area contributed by atoms with E-state index in [-0.39, 0.29) is 6.71 Å². The highest BCUT2D eigenvalue weighted by Crippen LogP contribution is 2.54. The molecule has 0 N–H and O–H groups in total. The molecule has 0 atom stereocenters. The lowest BCUT2D eigenvalue weighted by atomic mass is 9.35. The lowest BCUT2D eigenvalue weighted by Crippen LogP contribution is -2.57. The van der Waals surface area contributed by atoms with Crippen LogP contribution in [0.25, 0.3) is 0 Å². The molecule has 0 spiro atoms. The van der Waals surface area contributed by atoms with Gasteiger partial charge in [0.15, 0.2) is 0 Å². The maximum Gasteiger partial charge on any atom is 0.260 e. The summed E-state index contributed by atoms with van der Waals surface area (Å²) >= 11 is 0. The van der Waals surface area contributed by atoms with Crippen molar-refractivity contribution >= 4 is 57.2 Å². The van der Waals surface area contributed by atoms with Gasteiger partial charge in [-0.15, -0.1) is 0 Å². The van der Waals surface area contributed by atoms with Crippen molar-refractivity contribution in [3.63, 3.8) is 0 Å². The molecule has 6 aromatic rings. The van der Waals surface area contributed by atoms with E-state index in [1.165, 1.54) is 0 Å². The SMILES string of the molecule is c1ccc(N2c3ccccc3N(c3cc4c5c(c3)Oc3ccccc3B5c3ccccc3O4)c3ccccc32)cc1. The fraction of sp³-hybridized carbons (Fsp3) is 0. The number of nitrogens with zero attached hydrogens (tertiary/aromatic N) is 2. The first kappa shape index (κ1) is 22.4. The minimum atomic E-state index is 0.0541. The maximum atomic E-state index is 6.62. The van der Waals surface area contributed by atoms with E-state index in [2.05, 4.69) is 137 Å². The minimum Gasteiger partial charge on any atom is -0.458 e. The summed E-state index contributed by atoms with van der Waals surface area (Å²) in [5, 5.41) is 0. The van der Waals surface area contributed by atoms with Crippen LogP contribution in [0.4, 0.5) is 34.1 Å². The Morgan fingerprint density at radius 3 is 1.32 bits per heavy atom. The van der Waals surface area contributed by atoms with E-state index in [1.54, 1.807) is 0 Å². The van der Waals surface area contributed by atoms with E-state index in [0.717, 1.165) is 73.5 Å². The average molecular weight is 526 g/mol. The first-order chi connectivity index (χ1) is 20.3. The van der Waals surface area contributed by atoms with Crippen LogP contribution in [-0.2, 0) is 0 Å². The third kappa shape index (κ3) is 3.23. The lowest BCUT2D eigenvalue weighted by Gasteiger charge is -2.41. The highest BCUT2D eigenvalue weighted by atomic mass is 16.5. The van der Waals surface area contributed by atoms with Gasteiger partial charge in [0.1, 0.15) is 23.0 Å². The van der Waals surface area contributed by atoms with Gasteiger partial charge in [-0.25, -0.2) is 0 Å². The number of hydrogen-bond donors (Lipinski definition) is 0. The van der Waals surface area contributed by atoms with Gasteiger partial charge in [0.2, 0.25) is 0 Å². The Bertz CT molecular complexity index is 1870. The molecular formula is C36H23BN2O2. The molecule has 5 heteroatoms. The Morgan fingerprint density at radius 2 is 0.805 bits per heavy atom. The van der Waals surface area contributed by atoms with Crippen molar-refractivity contribution in [1.29, 1.82) is 0 Å². The fourth-order valence-electron chi connectivity index (χ4n) is 6.59. The second-order valence-electron chi connectivity index (χ2n) is 10.6. The van der Waals surface area contributed by atoms with Crippen LogP contribution in [0.1, 0.15) is 0 Å². The number of benzene rings is 6. The molecule has 0 aromatic heterocycles. The molecule has 0 fully saturated rings. The van der Waals surface area contributed by atoms with Crippen molar-refractivity contribution in [3.05, 3.63) is 140 Å². The summed E-state index contributed by atoms with van der Waals surface area (Å²) in [6, 6.07) is 48.7. The van der Waals surface area contributed by atoms with Crippen molar-refractivity contribution < 1.29 is 9.47 Å². The summed E-state index contributed by atoms with van der Waals surface area (Å²) < 4.78 is 13.2. The summed E-state index contributed by atoms with van der Waals surface area (Å²) in [4.78, 5) is 4.66. The topological polar surface area (TPSA) is 24.9 Å². The lowest BCUT2D eigenvalue weighted by molar-refractivity contribution is 0.465. The van der Waals surface area contributed by atoms with Gasteiger partial charge in [-0.1, -0.05) is 78.9 Å². The van der Waals surface area contributed by atoms with Gasteiger partial charge >= 0.3 is 0 Å². The second-order valence-corrected chi connectivity index (χ2v) is 10.6. The fourth-order valence-corrected chi connectivity index (χ4v) is 6.59. The first-order valence-corrected chi connectivity index (χ1v) is 13.9. The number of fused-ring (bicyclic) bond motifs is 6. The molecule has 0 aliphatic carbocycles. The second kappa shape index (κ2) is 8.54. The normalized spacial score (nSPS) is 13.6. The molecule has 41 heavy (non-hydrogen) atoms. The van der Waals surface area contributed by atoms with Gasteiger partial charge in [-0.3, -0.25) is 0 Å². The smallest absolute Gasteiger partial charge is 0.260 e. The zero-order valence-corrected chi connectivity index (χ0v) is 22.1. The number of rotatable bonds is 2. The number of hydrogen-bond acceptors (Lipinski definition) is 4. The molecule has 0 bridgehead atoms. The van der Waals surface area contributed by atoms with Crippen molar-refractivity contribution in [1.82, 2.24) is 0 Å². The van der Waals surface area contributed by atoms with Crippen molar-refractivity contribution in [2.75, 3.05) is 9.80 Å². The van der Waals surface area contributed by atoms with Crippen LogP contribution in [0.15, 0.2) is 140 Å². The van der Waals surface area contributed by atoms with Crippen LogP contribution in [0.5, 0.6) is 23.0 Å². The third-order valence-electron chi connectivity index (χ3n) is 8.28. The van der Waals surface area contributed by atoms with Crippen molar-refractivity contribution in [2.24, 2.45) is 0 Å². The van der Waals surface area contributed by atoms with Crippen molar-refractivity contribution in [3.8, 4) is 23.0 Å². The minimum absolute atomic E-state index is 0.0541.